The first-order valence-electron chi connectivity index (χ1n) is 13.4. The zero-order valence-corrected chi connectivity index (χ0v) is 21.3. The molecule has 37 heavy (non-hydrogen) atoms. The fourth-order valence-electron chi connectivity index (χ4n) is 6.09. The van der Waals surface area contributed by atoms with Crippen molar-refractivity contribution in [3.8, 4) is 5.75 Å². The van der Waals surface area contributed by atoms with Gasteiger partial charge in [0.2, 0.25) is 5.56 Å². The number of aliphatic hydroxyl groups is 1. The number of rotatable bonds is 7. The maximum atomic E-state index is 12.2. The van der Waals surface area contributed by atoms with Gasteiger partial charge in [0.05, 0.1) is 11.6 Å². The van der Waals surface area contributed by atoms with Crippen molar-refractivity contribution in [2.24, 2.45) is 0 Å². The van der Waals surface area contributed by atoms with E-state index in [0.29, 0.717) is 24.4 Å². The van der Waals surface area contributed by atoms with Crippen molar-refractivity contribution in [2.75, 3.05) is 6.54 Å². The van der Waals surface area contributed by atoms with E-state index in [0.717, 1.165) is 29.4 Å². The van der Waals surface area contributed by atoms with Crippen molar-refractivity contribution in [1.29, 1.82) is 0 Å². The summed E-state index contributed by atoms with van der Waals surface area (Å²) < 4.78 is 6.06. The second-order valence-electron chi connectivity index (χ2n) is 10.9. The quantitative estimate of drug-likeness (QED) is 0.332. The maximum absolute atomic E-state index is 12.2. The number of aliphatic hydroxyl groups excluding tert-OH is 1. The summed E-state index contributed by atoms with van der Waals surface area (Å²) in [5, 5.41) is 15.7. The average Bonchev–Trinajstić information content (AvgIpc) is 3.24. The van der Waals surface area contributed by atoms with E-state index >= 15 is 0 Å². The SMILES string of the molecule is CC1(NC[C@H](O)c2ccc(OCc3ccccc3)c3[nH]c(=O)ccc23)Cc2cc3c(cc2C1)CCCC3. The number of hydrogen-bond donors (Lipinski definition) is 3. The van der Waals surface area contributed by atoms with Gasteiger partial charge < -0.3 is 20.1 Å². The Labute approximate surface area is 217 Å². The molecule has 5 heteroatoms. The van der Waals surface area contributed by atoms with E-state index in [1.54, 1.807) is 6.07 Å². The Kier molecular flexibility index (Phi) is 6.35. The van der Waals surface area contributed by atoms with Crippen LogP contribution >= 0.6 is 0 Å². The number of nitrogens with one attached hydrogen (secondary N) is 2. The minimum absolute atomic E-state index is 0.0872. The Morgan fingerprint density at radius 2 is 1.65 bits per heavy atom. The minimum Gasteiger partial charge on any atom is -0.487 e. The van der Waals surface area contributed by atoms with Gasteiger partial charge in [-0.15, -0.1) is 0 Å². The molecule has 6 rings (SSSR count). The molecule has 1 atom stereocenters. The molecule has 1 heterocycles. The lowest BCUT2D eigenvalue weighted by molar-refractivity contribution is 0.160. The molecule has 2 aliphatic carbocycles. The van der Waals surface area contributed by atoms with Gasteiger partial charge in [0, 0.05) is 23.5 Å². The average molecular weight is 495 g/mol. The third-order valence-corrected chi connectivity index (χ3v) is 8.03. The van der Waals surface area contributed by atoms with Crippen molar-refractivity contribution in [1.82, 2.24) is 10.3 Å². The predicted octanol–water partition coefficient (Wildman–Crippen LogP) is 5.17. The molecule has 0 bridgehead atoms. The zero-order valence-electron chi connectivity index (χ0n) is 21.3. The lowest BCUT2D eigenvalue weighted by atomic mass is 9.89. The van der Waals surface area contributed by atoms with Gasteiger partial charge in [0.15, 0.2) is 0 Å². The standard InChI is InChI=1S/C32H34N2O3/c1-32(17-24-15-22-9-5-6-10-23(22)16-25(24)18-32)33-19-28(35)26-11-13-29(31-27(26)12-14-30(36)34-31)37-20-21-7-3-2-4-8-21/h2-4,7-8,11-16,28,33,35H,5-6,9-10,17-20H2,1H3,(H,34,36)/t28-/m0/s1. The summed E-state index contributed by atoms with van der Waals surface area (Å²) in [6.45, 7) is 3.09. The second-order valence-corrected chi connectivity index (χ2v) is 10.9. The van der Waals surface area contributed by atoms with Gasteiger partial charge >= 0.3 is 0 Å². The van der Waals surface area contributed by atoms with Crippen LogP contribution in [-0.2, 0) is 32.3 Å². The molecule has 1 aromatic heterocycles. The van der Waals surface area contributed by atoms with Crippen molar-refractivity contribution in [2.45, 2.75) is 63.7 Å². The van der Waals surface area contributed by atoms with E-state index in [9.17, 15) is 9.90 Å². The number of H-pyrrole nitrogens is 1. The lowest BCUT2D eigenvalue weighted by Crippen LogP contribution is -2.45. The van der Waals surface area contributed by atoms with Crippen LogP contribution in [0.25, 0.3) is 10.9 Å². The van der Waals surface area contributed by atoms with E-state index in [4.69, 9.17) is 4.74 Å². The normalized spacial score (nSPS) is 16.8. The number of fused-ring (bicyclic) bond motifs is 3. The Balaban J connectivity index is 1.19. The molecule has 0 amide bonds. The van der Waals surface area contributed by atoms with E-state index in [1.165, 1.54) is 54.0 Å². The van der Waals surface area contributed by atoms with E-state index in [-0.39, 0.29) is 11.1 Å². The highest BCUT2D eigenvalue weighted by atomic mass is 16.5. The molecular formula is C32H34N2O3. The molecule has 0 saturated heterocycles. The molecule has 0 fully saturated rings. The van der Waals surface area contributed by atoms with Crippen molar-refractivity contribution >= 4 is 10.9 Å². The summed E-state index contributed by atoms with van der Waals surface area (Å²) in [5.74, 6) is 0.600. The molecule has 2 aliphatic rings. The molecule has 0 spiro atoms. The number of aromatic nitrogens is 1. The molecule has 3 N–H and O–H groups in total. The first-order valence-corrected chi connectivity index (χ1v) is 13.4. The molecule has 0 radical (unpaired) electrons. The third kappa shape index (κ3) is 4.94. The second kappa shape index (κ2) is 9.81. The van der Waals surface area contributed by atoms with Gasteiger partial charge in [-0.25, -0.2) is 0 Å². The smallest absolute Gasteiger partial charge is 0.248 e. The van der Waals surface area contributed by atoms with Crippen molar-refractivity contribution in [3.05, 3.63) is 110 Å². The van der Waals surface area contributed by atoms with Crippen molar-refractivity contribution in [3.63, 3.8) is 0 Å². The van der Waals surface area contributed by atoms with Crippen LogP contribution in [0.2, 0.25) is 0 Å². The van der Waals surface area contributed by atoms with Crippen LogP contribution in [0.4, 0.5) is 0 Å². The number of hydrogen-bond acceptors (Lipinski definition) is 4. The Bertz CT molecular complexity index is 1460. The van der Waals surface area contributed by atoms with Gasteiger partial charge in [-0.1, -0.05) is 48.5 Å². The molecule has 3 aromatic carbocycles. The van der Waals surface area contributed by atoms with Crippen LogP contribution in [0.15, 0.2) is 71.5 Å². The van der Waals surface area contributed by atoms with Crippen LogP contribution in [0.1, 0.15) is 59.3 Å². The third-order valence-electron chi connectivity index (χ3n) is 8.03. The Hall–Kier alpha value is -3.41. The summed E-state index contributed by atoms with van der Waals surface area (Å²) in [7, 11) is 0. The Morgan fingerprint density at radius 1 is 0.946 bits per heavy atom. The molecule has 5 nitrogen and oxygen atoms in total. The predicted molar refractivity (Wildman–Crippen MR) is 147 cm³/mol. The number of pyridine rings is 1. The molecule has 4 aromatic rings. The first kappa shape index (κ1) is 24.0. The highest BCUT2D eigenvalue weighted by Crippen LogP contribution is 2.35. The topological polar surface area (TPSA) is 74.3 Å². The highest BCUT2D eigenvalue weighted by Gasteiger charge is 2.34. The molecular weight excluding hydrogens is 460 g/mol. The van der Waals surface area contributed by atoms with Crippen LogP contribution in [0, 0.1) is 0 Å². The summed E-state index contributed by atoms with van der Waals surface area (Å²) in [4.78, 5) is 15.1. The molecule has 0 aliphatic heterocycles. The van der Waals surface area contributed by atoms with Gasteiger partial charge in [0.25, 0.3) is 0 Å². The number of benzene rings is 3. The van der Waals surface area contributed by atoms with Gasteiger partial charge in [-0.05, 0) is 91.0 Å². The number of β-amino-alcohol motifs (C(OH)–C–C–N with tert-alkyl or cyclic N) is 1. The largest absolute Gasteiger partial charge is 0.487 e. The summed E-state index contributed by atoms with van der Waals surface area (Å²) >= 11 is 0. The first-order chi connectivity index (χ1) is 18.0. The minimum atomic E-state index is -0.717. The van der Waals surface area contributed by atoms with Crippen LogP contribution in [-0.4, -0.2) is 22.2 Å². The van der Waals surface area contributed by atoms with Crippen LogP contribution in [0.5, 0.6) is 5.75 Å². The van der Waals surface area contributed by atoms with E-state index in [1.807, 2.05) is 42.5 Å². The van der Waals surface area contributed by atoms with Gasteiger partial charge in [0.1, 0.15) is 12.4 Å². The van der Waals surface area contributed by atoms with Crippen molar-refractivity contribution < 1.29 is 9.84 Å². The summed E-state index contributed by atoms with van der Waals surface area (Å²) in [6, 6.07) is 21.8. The number of aromatic amines is 1. The van der Waals surface area contributed by atoms with Crippen LogP contribution < -0.4 is 15.6 Å². The van der Waals surface area contributed by atoms with Gasteiger partial charge in [-0.2, -0.15) is 0 Å². The number of ether oxygens (including phenoxy) is 1. The fourth-order valence-corrected chi connectivity index (χ4v) is 6.09. The fraction of sp³-hybridized carbons (Fsp3) is 0.344. The van der Waals surface area contributed by atoms with E-state index < -0.39 is 6.10 Å². The molecule has 190 valence electrons. The highest BCUT2D eigenvalue weighted by molar-refractivity contribution is 5.87. The maximum Gasteiger partial charge on any atom is 0.248 e. The molecule has 0 unspecified atom stereocenters. The summed E-state index contributed by atoms with van der Waals surface area (Å²) in [6.07, 6.45) is 6.22. The van der Waals surface area contributed by atoms with Crippen LogP contribution in [0.3, 0.4) is 0 Å². The Morgan fingerprint density at radius 3 is 2.35 bits per heavy atom. The lowest BCUT2D eigenvalue weighted by Gasteiger charge is -2.27. The number of aryl methyl sites for hydroxylation is 2. The monoisotopic (exact) mass is 494 g/mol. The van der Waals surface area contributed by atoms with E-state index in [2.05, 4.69) is 29.4 Å². The summed E-state index contributed by atoms with van der Waals surface area (Å²) in [5.41, 5.74) is 8.13. The van der Waals surface area contributed by atoms with Gasteiger partial charge in [-0.3, -0.25) is 4.79 Å². The molecule has 0 saturated carbocycles. The zero-order chi connectivity index (χ0) is 25.4.